The third-order valence-corrected chi connectivity index (χ3v) is 9.17. The number of hydrogen-bond donors (Lipinski definition) is 0. The van der Waals surface area contributed by atoms with E-state index < -0.39 is 26.5 Å². The van der Waals surface area contributed by atoms with Gasteiger partial charge in [0.1, 0.15) is 19.8 Å². The van der Waals surface area contributed by atoms with Crippen LogP contribution in [0.15, 0.2) is 24.3 Å². The fourth-order valence-corrected chi connectivity index (χ4v) is 5.83. The van der Waals surface area contributed by atoms with Crippen molar-refractivity contribution in [2.75, 3.05) is 47.5 Å². The maximum atomic E-state index is 12.6. The zero-order valence-corrected chi connectivity index (χ0v) is 33.0. The van der Waals surface area contributed by atoms with Crippen molar-refractivity contribution in [3.8, 4) is 0 Å². The molecule has 0 bridgehead atoms. The van der Waals surface area contributed by atoms with E-state index in [9.17, 15) is 19.0 Å². The lowest BCUT2D eigenvalue weighted by Crippen LogP contribution is -2.37. The van der Waals surface area contributed by atoms with Crippen LogP contribution >= 0.6 is 7.82 Å². The number of phosphoric ester groups is 1. The van der Waals surface area contributed by atoms with Gasteiger partial charge in [0.05, 0.1) is 27.7 Å². The number of allylic oxidation sites excluding steroid dienone is 4. The molecule has 0 aliphatic rings. The van der Waals surface area contributed by atoms with Crippen LogP contribution in [0.1, 0.15) is 162 Å². The molecule has 49 heavy (non-hydrogen) atoms. The molecule has 0 aliphatic heterocycles. The van der Waals surface area contributed by atoms with Gasteiger partial charge in [-0.1, -0.05) is 134 Å². The van der Waals surface area contributed by atoms with E-state index in [0.29, 0.717) is 17.4 Å². The number of carbonyl (C=O) groups excluding carboxylic acids is 2. The molecule has 0 saturated carbocycles. The Morgan fingerprint density at radius 1 is 0.633 bits per heavy atom. The molecule has 2 atom stereocenters. The van der Waals surface area contributed by atoms with Gasteiger partial charge in [0.15, 0.2) is 6.10 Å². The maximum Gasteiger partial charge on any atom is 0.306 e. The van der Waals surface area contributed by atoms with E-state index in [1.54, 1.807) is 0 Å². The lowest BCUT2D eigenvalue weighted by atomic mass is 10.0. The minimum Gasteiger partial charge on any atom is -0.756 e. The predicted octanol–water partition coefficient (Wildman–Crippen LogP) is 9.77. The Labute approximate surface area is 300 Å². The number of nitrogens with zero attached hydrogens (tertiary/aromatic N) is 1. The summed E-state index contributed by atoms with van der Waals surface area (Å²) in [5.74, 6) is -0.850. The minimum atomic E-state index is -4.62. The van der Waals surface area contributed by atoms with Gasteiger partial charge in [-0.25, -0.2) is 0 Å². The fraction of sp³-hybridized carbons (Fsp3) is 0.846. The third kappa shape index (κ3) is 36.1. The van der Waals surface area contributed by atoms with Gasteiger partial charge in [-0.15, -0.1) is 0 Å². The van der Waals surface area contributed by atoms with Crippen LogP contribution in [-0.2, 0) is 32.7 Å². The maximum absolute atomic E-state index is 12.6. The van der Waals surface area contributed by atoms with Gasteiger partial charge >= 0.3 is 11.9 Å². The van der Waals surface area contributed by atoms with Crippen LogP contribution in [0.25, 0.3) is 0 Å². The first kappa shape index (κ1) is 47.5. The number of ether oxygens (including phenoxy) is 2. The highest BCUT2D eigenvalue weighted by atomic mass is 31.2. The van der Waals surface area contributed by atoms with Crippen molar-refractivity contribution in [2.24, 2.45) is 0 Å². The first-order chi connectivity index (χ1) is 23.5. The number of phosphoric acid groups is 1. The number of unbranched alkanes of at least 4 members (excludes halogenated alkanes) is 17. The Hall–Kier alpha value is -1.51. The van der Waals surface area contributed by atoms with Crippen molar-refractivity contribution >= 4 is 19.8 Å². The van der Waals surface area contributed by atoms with Crippen molar-refractivity contribution in [1.29, 1.82) is 0 Å². The molecule has 0 radical (unpaired) electrons. The molecule has 0 aromatic heterocycles. The molecule has 0 aromatic rings. The van der Waals surface area contributed by atoms with Crippen molar-refractivity contribution in [3.63, 3.8) is 0 Å². The molecule has 0 amide bonds. The molecule has 0 heterocycles. The van der Waals surface area contributed by atoms with Gasteiger partial charge in [-0.3, -0.25) is 14.2 Å². The van der Waals surface area contributed by atoms with E-state index in [0.717, 1.165) is 64.2 Å². The number of esters is 2. The molecule has 0 aliphatic carbocycles. The highest BCUT2D eigenvalue weighted by Gasteiger charge is 2.21. The first-order valence-electron chi connectivity index (χ1n) is 19.5. The molecule has 0 saturated heterocycles. The van der Waals surface area contributed by atoms with Crippen molar-refractivity contribution in [2.45, 2.75) is 168 Å². The second-order valence-corrected chi connectivity index (χ2v) is 15.7. The quantitative estimate of drug-likeness (QED) is 0.0210. The molecule has 2 unspecified atom stereocenters. The standard InChI is InChI=1S/C39H74NO8P/c1-6-8-10-12-14-16-18-20-22-24-26-28-30-32-39(42)48-37(36-47-49(43,44)46-34-33-40(3,4)5)35-45-38(41)31-29-27-25-23-21-19-17-15-13-11-9-7-2/h10,12,16,18,37H,6-9,11,13-15,17,19-36H2,1-5H3/b12-10-,18-16-. The summed E-state index contributed by atoms with van der Waals surface area (Å²) in [7, 11) is 1.16. The monoisotopic (exact) mass is 716 g/mol. The molecule has 0 aromatic carbocycles. The topological polar surface area (TPSA) is 111 Å². The minimum absolute atomic E-state index is 0.0323. The van der Waals surface area contributed by atoms with Gasteiger partial charge in [0.2, 0.25) is 0 Å². The number of hydrogen-bond acceptors (Lipinski definition) is 8. The molecular weight excluding hydrogens is 641 g/mol. The molecule has 0 rings (SSSR count). The summed E-state index contributed by atoms with van der Waals surface area (Å²) in [5.41, 5.74) is 0. The van der Waals surface area contributed by atoms with Crippen LogP contribution in [-0.4, -0.2) is 70.0 Å². The number of likely N-dealkylation sites (N-methyl/N-ethyl adjacent to an activating group) is 1. The first-order valence-corrected chi connectivity index (χ1v) is 21.0. The Morgan fingerprint density at radius 2 is 1.14 bits per heavy atom. The van der Waals surface area contributed by atoms with Crippen LogP contribution in [0, 0.1) is 0 Å². The summed E-state index contributed by atoms with van der Waals surface area (Å²) in [4.78, 5) is 37.3. The van der Waals surface area contributed by atoms with Crippen molar-refractivity contribution in [3.05, 3.63) is 24.3 Å². The average molecular weight is 716 g/mol. The fourth-order valence-electron chi connectivity index (χ4n) is 5.10. The summed E-state index contributed by atoms with van der Waals surface area (Å²) >= 11 is 0. The summed E-state index contributed by atoms with van der Waals surface area (Å²) in [6.07, 6.45) is 32.0. The second kappa shape index (κ2) is 32.4. The summed E-state index contributed by atoms with van der Waals surface area (Å²) in [6.45, 7) is 4.13. The highest BCUT2D eigenvalue weighted by molar-refractivity contribution is 7.45. The van der Waals surface area contributed by atoms with Gasteiger partial charge in [0.25, 0.3) is 7.82 Å². The average Bonchev–Trinajstić information content (AvgIpc) is 3.04. The van der Waals surface area contributed by atoms with E-state index in [4.69, 9.17) is 18.5 Å². The van der Waals surface area contributed by atoms with E-state index in [2.05, 4.69) is 38.2 Å². The van der Waals surface area contributed by atoms with E-state index in [1.165, 1.54) is 64.2 Å². The highest BCUT2D eigenvalue weighted by Crippen LogP contribution is 2.38. The van der Waals surface area contributed by atoms with Crippen LogP contribution in [0.2, 0.25) is 0 Å². The van der Waals surface area contributed by atoms with Gasteiger partial charge in [-0.2, -0.15) is 0 Å². The molecule has 288 valence electrons. The van der Waals surface area contributed by atoms with E-state index in [-0.39, 0.29) is 32.0 Å². The van der Waals surface area contributed by atoms with Crippen LogP contribution in [0.4, 0.5) is 0 Å². The zero-order valence-electron chi connectivity index (χ0n) is 32.1. The molecular formula is C39H74NO8P. The zero-order chi connectivity index (χ0) is 36.5. The summed E-state index contributed by atoms with van der Waals surface area (Å²) in [6, 6.07) is 0. The largest absolute Gasteiger partial charge is 0.756 e. The van der Waals surface area contributed by atoms with E-state index >= 15 is 0 Å². The van der Waals surface area contributed by atoms with Crippen molar-refractivity contribution < 1.29 is 42.1 Å². The second-order valence-electron chi connectivity index (χ2n) is 14.3. The third-order valence-electron chi connectivity index (χ3n) is 8.21. The molecule has 0 fully saturated rings. The molecule has 10 heteroatoms. The summed E-state index contributed by atoms with van der Waals surface area (Å²) < 4.78 is 33.7. The Kier molecular flexibility index (Phi) is 31.4. The Morgan fingerprint density at radius 3 is 1.69 bits per heavy atom. The predicted molar refractivity (Wildman–Crippen MR) is 199 cm³/mol. The number of rotatable bonds is 35. The van der Waals surface area contributed by atoms with Crippen LogP contribution < -0.4 is 4.89 Å². The Bertz CT molecular complexity index is 902. The number of quaternary nitrogens is 1. The molecule has 0 spiro atoms. The van der Waals surface area contributed by atoms with Crippen LogP contribution in [0.5, 0.6) is 0 Å². The van der Waals surface area contributed by atoms with Gasteiger partial charge in [-0.05, 0) is 38.5 Å². The normalized spacial score (nSPS) is 14.0. The lowest BCUT2D eigenvalue weighted by Gasteiger charge is -2.28. The Balaban J connectivity index is 4.45. The molecule has 9 nitrogen and oxygen atoms in total. The lowest BCUT2D eigenvalue weighted by molar-refractivity contribution is -0.870. The SMILES string of the molecule is CCC/C=C\C/C=C\CCCCCCCC(=O)OC(COC(=O)CCCCCCCCCCCCCC)COP(=O)([O-])OCC[N+](C)(C)C. The van der Waals surface area contributed by atoms with Crippen molar-refractivity contribution in [1.82, 2.24) is 0 Å². The number of carbonyl (C=O) groups is 2. The smallest absolute Gasteiger partial charge is 0.306 e. The van der Waals surface area contributed by atoms with Crippen LogP contribution in [0.3, 0.4) is 0 Å². The van der Waals surface area contributed by atoms with E-state index in [1.807, 2.05) is 21.1 Å². The van der Waals surface area contributed by atoms with Gasteiger partial charge < -0.3 is 27.9 Å². The molecule has 0 N–H and O–H groups in total. The van der Waals surface area contributed by atoms with Gasteiger partial charge in [0, 0.05) is 12.8 Å². The summed E-state index contributed by atoms with van der Waals surface area (Å²) in [5, 5.41) is 0.